The van der Waals surface area contributed by atoms with E-state index in [1.54, 1.807) is 11.8 Å². The van der Waals surface area contributed by atoms with Crippen LogP contribution in [-0.2, 0) is 19.1 Å². The van der Waals surface area contributed by atoms with E-state index in [0.717, 1.165) is 5.56 Å². The van der Waals surface area contributed by atoms with Crippen LogP contribution in [0.5, 0.6) is 0 Å². The van der Waals surface area contributed by atoms with Crippen LogP contribution in [0.1, 0.15) is 45.7 Å². The molecular weight excluding hydrogens is 358 g/mol. The summed E-state index contributed by atoms with van der Waals surface area (Å²) in [6.07, 6.45) is 0.0690. The van der Waals surface area contributed by atoms with Crippen LogP contribution in [0.25, 0.3) is 0 Å². The molecule has 0 saturated carbocycles. The maximum atomic E-state index is 12.3. The minimum absolute atomic E-state index is 0.0690. The number of nitrogens with one attached hydrogen (secondary N) is 1. The number of likely N-dealkylation sites (tertiary alicyclic amines) is 1. The third kappa shape index (κ3) is 4.89. The molecule has 7 heteroatoms. The summed E-state index contributed by atoms with van der Waals surface area (Å²) in [7, 11) is 0. The molecule has 1 N–H and O–H groups in total. The normalized spacial score (nSPS) is 19.6. The summed E-state index contributed by atoms with van der Waals surface area (Å²) >= 11 is 0. The van der Waals surface area contributed by atoms with Gasteiger partial charge >= 0.3 is 5.97 Å². The number of benzene rings is 1. The van der Waals surface area contributed by atoms with Crippen molar-refractivity contribution in [2.75, 3.05) is 13.2 Å². The monoisotopic (exact) mass is 385 g/mol. The summed E-state index contributed by atoms with van der Waals surface area (Å²) in [5, 5.41) is 11.8. The van der Waals surface area contributed by atoms with Crippen LogP contribution in [0, 0.1) is 23.2 Å². The van der Waals surface area contributed by atoms with Crippen LogP contribution < -0.4 is 5.32 Å². The van der Waals surface area contributed by atoms with Crippen LogP contribution >= 0.6 is 0 Å². The second kappa shape index (κ2) is 8.87. The minimum Gasteiger partial charge on any atom is -0.455 e. The lowest BCUT2D eigenvalue weighted by atomic mass is 9.90. The van der Waals surface area contributed by atoms with Gasteiger partial charge in [0.05, 0.1) is 18.0 Å². The van der Waals surface area contributed by atoms with Gasteiger partial charge in [0, 0.05) is 13.0 Å². The molecule has 0 aromatic heterocycles. The zero-order valence-electron chi connectivity index (χ0n) is 16.8. The molecule has 1 aromatic rings. The topological polar surface area (TPSA) is 99.5 Å². The number of nitriles is 1. The molecule has 0 unspecified atom stereocenters. The Morgan fingerprint density at radius 1 is 1.32 bits per heavy atom. The molecule has 7 nitrogen and oxygen atoms in total. The van der Waals surface area contributed by atoms with Gasteiger partial charge in [0.15, 0.2) is 6.61 Å². The Bertz CT molecular complexity index is 772. The van der Waals surface area contributed by atoms with E-state index < -0.39 is 29.9 Å². The number of carbonyl (C=O) groups excluding carboxylic acids is 3. The predicted octanol–water partition coefficient (Wildman–Crippen LogP) is 2.19. The first kappa shape index (κ1) is 21.4. The van der Waals surface area contributed by atoms with Gasteiger partial charge in [0.2, 0.25) is 5.91 Å². The first-order chi connectivity index (χ1) is 13.2. The molecule has 0 bridgehead atoms. The molecule has 1 heterocycles. The van der Waals surface area contributed by atoms with E-state index in [4.69, 9.17) is 4.74 Å². The Balaban J connectivity index is 1.89. The van der Waals surface area contributed by atoms with Crippen molar-refractivity contribution in [3.05, 3.63) is 35.9 Å². The van der Waals surface area contributed by atoms with Crippen LogP contribution in [-0.4, -0.2) is 41.4 Å². The van der Waals surface area contributed by atoms with Gasteiger partial charge in [-0.05, 0) is 25.3 Å². The molecule has 2 rings (SSSR count). The zero-order chi connectivity index (χ0) is 20.9. The second-order valence-electron chi connectivity index (χ2n) is 7.66. The van der Waals surface area contributed by atoms with E-state index in [2.05, 4.69) is 11.4 Å². The Morgan fingerprint density at radius 2 is 1.96 bits per heavy atom. The number of amides is 2. The summed E-state index contributed by atoms with van der Waals surface area (Å²) in [6, 6.07) is 11.5. The lowest BCUT2D eigenvalue weighted by Gasteiger charge is -2.27. The Hall–Kier alpha value is -2.88. The maximum absolute atomic E-state index is 12.3. The molecule has 0 aliphatic carbocycles. The van der Waals surface area contributed by atoms with E-state index in [-0.39, 0.29) is 30.8 Å². The Morgan fingerprint density at radius 3 is 2.54 bits per heavy atom. The molecule has 0 spiro atoms. The predicted molar refractivity (Wildman–Crippen MR) is 103 cm³/mol. The van der Waals surface area contributed by atoms with Crippen molar-refractivity contribution in [2.24, 2.45) is 11.8 Å². The van der Waals surface area contributed by atoms with E-state index in [9.17, 15) is 19.6 Å². The second-order valence-corrected chi connectivity index (χ2v) is 7.66. The quantitative estimate of drug-likeness (QED) is 0.725. The molecule has 1 aliphatic heterocycles. The van der Waals surface area contributed by atoms with Gasteiger partial charge < -0.3 is 15.0 Å². The molecule has 1 fully saturated rings. The van der Waals surface area contributed by atoms with E-state index in [1.165, 1.54) is 0 Å². The van der Waals surface area contributed by atoms with E-state index >= 15 is 0 Å². The first-order valence-corrected chi connectivity index (χ1v) is 9.41. The number of hydrogen-bond acceptors (Lipinski definition) is 5. The molecule has 28 heavy (non-hydrogen) atoms. The summed E-state index contributed by atoms with van der Waals surface area (Å²) < 4.78 is 5.10. The maximum Gasteiger partial charge on any atom is 0.311 e. The molecule has 150 valence electrons. The summed E-state index contributed by atoms with van der Waals surface area (Å²) in [5.41, 5.74) is -0.0388. The van der Waals surface area contributed by atoms with Gasteiger partial charge in [-0.15, -0.1) is 0 Å². The van der Waals surface area contributed by atoms with E-state index in [0.29, 0.717) is 0 Å². The van der Waals surface area contributed by atoms with Crippen molar-refractivity contribution in [1.82, 2.24) is 10.2 Å². The Kier molecular flexibility index (Phi) is 6.79. The highest BCUT2D eigenvalue weighted by Gasteiger charge is 2.38. The SMILES string of the molecule is CC(C)[C@@](C)(C#N)NC(=O)COC(=O)[C@H]1CC(=O)N([C@@H](C)c2ccccc2)C1. The highest BCUT2D eigenvalue weighted by atomic mass is 16.5. The fraction of sp³-hybridized carbons (Fsp3) is 0.524. The fourth-order valence-electron chi connectivity index (χ4n) is 3.06. The standard InChI is InChI=1S/C21H27N3O4/c1-14(2)21(4,13-22)23-18(25)12-28-20(27)17-10-19(26)24(11-17)15(3)16-8-6-5-7-9-16/h5-9,14-15,17H,10-12H2,1-4H3,(H,23,25)/t15-,17-,21+/m0/s1. The number of carbonyl (C=O) groups is 3. The molecule has 1 saturated heterocycles. The highest BCUT2D eigenvalue weighted by molar-refractivity contribution is 5.88. The van der Waals surface area contributed by atoms with Crippen molar-refractivity contribution < 1.29 is 19.1 Å². The fourth-order valence-corrected chi connectivity index (χ4v) is 3.06. The third-order valence-electron chi connectivity index (χ3n) is 5.37. The van der Waals surface area contributed by atoms with Crippen molar-refractivity contribution in [3.63, 3.8) is 0 Å². The number of ether oxygens (including phenoxy) is 1. The van der Waals surface area contributed by atoms with Crippen molar-refractivity contribution in [2.45, 2.75) is 45.7 Å². The average molecular weight is 385 g/mol. The number of esters is 1. The highest BCUT2D eigenvalue weighted by Crippen LogP contribution is 2.29. The van der Waals surface area contributed by atoms with Crippen molar-refractivity contribution in [1.29, 1.82) is 5.26 Å². The number of nitrogens with zero attached hydrogens (tertiary/aromatic N) is 2. The minimum atomic E-state index is -1.03. The lowest BCUT2D eigenvalue weighted by molar-refractivity contribution is -0.152. The molecule has 3 atom stereocenters. The smallest absolute Gasteiger partial charge is 0.311 e. The molecule has 1 aliphatic rings. The number of rotatable bonds is 7. The van der Waals surface area contributed by atoms with Gasteiger partial charge in [0.25, 0.3) is 5.91 Å². The molecule has 2 amide bonds. The van der Waals surface area contributed by atoms with Gasteiger partial charge in [-0.2, -0.15) is 5.26 Å². The third-order valence-corrected chi connectivity index (χ3v) is 5.37. The van der Waals surface area contributed by atoms with Crippen LogP contribution in [0.15, 0.2) is 30.3 Å². The Labute approximate surface area is 165 Å². The summed E-state index contributed by atoms with van der Waals surface area (Å²) in [6.45, 7) is 6.97. The van der Waals surface area contributed by atoms with Gasteiger partial charge in [-0.25, -0.2) is 0 Å². The average Bonchev–Trinajstić information content (AvgIpc) is 3.07. The number of hydrogen-bond donors (Lipinski definition) is 1. The molecule has 0 radical (unpaired) electrons. The van der Waals surface area contributed by atoms with E-state index in [1.807, 2.05) is 51.1 Å². The zero-order valence-corrected chi connectivity index (χ0v) is 16.8. The van der Waals surface area contributed by atoms with Gasteiger partial charge in [-0.1, -0.05) is 44.2 Å². The first-order valence-electron chi connectivity index (χ1n) is 9.41. The lowest BCUT2D eigenvalue weighted by Crippen LogP contribution is -2.50. The largest absolute Gasteiger partial charge is 0.455 e. The van der Waals surface area contributed by atoms with Crippen LogP contribution in [0.3, 0.4) is 0 Å². The van der Waals surface area contributed by atoms with Crippen molar-refractivity contribution in [3.8, 4) is 6.07 Å². The van der Waals surface area contributed by atoms with Crippen molar-refractivity contribution >= 4 is 17.8 Å². The summed E-state index contributed by atoms with van der Waals surface area (Å²) in [5.74, 6) is -1.92. The van der Waals surface area contributed by atoms with Crippen LogP contribution in [0.2, 0.25) is 0 Å². The molecule has 1 aromatic carbocycles. The van der Waals surface area contributed by atoms with Gasteiger partial charge in [0.1, 0.15) is 5.54 Å². The van der Waals surface area contributed by atoms with Crippen LogP contribution in [0.4, 0.5) is 0 Å². The summed E-state index contributed by atoms with van der Waals surface area (Å²) in [4.78, 5) is 38.4. The molecular formula is C21H27N3O4. The van der Waals surface area contributed by atoms with Gasteiger partial charge in [-0.3, -0.25) is 14.4 Å².